The van der Waals surface area contributed by atoms with Crippen molar-refractivity contribution in [2.24, 2.45) is 0 Å². The zero-order valence-corrected chi connectivity index (χ0v) is 16.0. The molecule has 1 aliphatic rings. The second-order valence-electron chi connectivity index (χ2n) is 6.53. The summed E-state index contributed by atoms with van der Waals surface area (Å²) in [6.45, 7) is 2.42. The van der Waals surface area contributed by atoms with E-state index in [0.29, 0.717) is 43.5 Å². The van der Waals surface area contributed by atoms with Gasteiger partial charge in [0.1, 0.15) is 0 Å². The van der Waals surface area contributed by atoms with Crippen molar-refractivity contribution in [2.45, 2.75) is 11.6 Å². The van der Waals surface area contributed by atoms with E-state index in [4.69, 9.17) is 16.0 Å². The van der Waals surface area contributed by atoms with Gasteiger partial charge in [-0.25, -0.2) is 17.8 Å². The minimum Gasteiger partial charge on any atom is -0.408 e. The van der Waals surface area contributed by atoms with E-state index in [1.165, 1.54) is 10.4 Å². The van der Waals surface area contributed by atoms with Crippen molar-refractivity contribution < 1.29 is 17.7 Å². The second-order valence-corrected chi connectivity index (χ2v) is 8.91. The lowest BCUT2D eigenvalue weighted by molar-refractivity contribution is -0.926. The molecule has 0 atom stereocenters. The Labute approximate surface area is 161 Å². The van der Waals surface area contributed by atoms with Crippen LogP contribution in [0.4, 0.5) is 0 Å². The molecule has 142 valence electrons. The molecule has 0 radical (unpaired) electrons. The molecule has 0 amide bonds. The first kappa shape index (κ1) is 18.2. The molecule has 1 N–H and O–H groups in total. The summed E-state index contributed by atoms with van der Waals surface area (Å²) in [7, 11) is -3.56. The van der Waals surface area contributed by atoms with Gasteiger partial charge < -0.3 is 9.32 Å². The highest BCUT2D eigenvalue weighted by atomic mass is 35.5. The number of benzene rings is 2. The maximum absolute atomic E-state index is 12.8. The van der Waals surface area contributed by atoms with Gasteiger partial charge in [0.2, 0.25) is 10.0 Å². The topological polar surface area (TPSA) is 77.0 Å². The lowest BCUT2D eigenvalue weighted by Crippen LogP contribution is -3.14. The van der Waals surface area contributed by atoms with Crippen LogP contribution in [-0.4, -0.2) is 43.5 Å². The van der Waals surface area contributed by atoms with E-state index in [9.17, 15) is 13.2 Å². The first-order valence-corrected chi connectivity index (χ1v) is 10.4. The van der Waals surface area contributed by atoms with Gasteiger partial charge in [0, 0.05) is 5.02 Å². The van der Waals surface area contributed by atoms with Crippen molar-refractivity contribution in [3.05, 3.63) is 64.1 Å². The number of hydrogen-bond acceptors (Lipinski definition) is 4. The lowest BCUT2D eigenvalue weighted by atomic mass is 10.3. The Bertz CT molecular complexity index is 1130. The average molecular weight is 409 g/mol. The van der Waals surface area contributed by atoms with Crippen molar-refractivity contribution >= 4 is 32.7 Å². The van der Waals surface area contributed by atoms with Gasteiger partial charge in [-0.15, -0.1) is 0 Å². The van der Waals surface area contributed by atoms with E-state index in [2.05, 4.69) is 0 Å². The Balaban J connectivity index is 1.47. The molecular formula is C18H19ClN3O4S+. The maximum atomic E-state index is 12.8. The molecule has 1 aromatic heterocycles. The highest BCUT2D eigenvalue weighted by Gasteiger charge is 2.31. The number of aromatic nitrogens is 1. The third-order valence-electron chi connectivity index (χ3n) is 4.82. The van der Waals surface area contributed by atoms with Crippen LogP contribution in [0.1, 0.15) is 0 Å². The number of quaternary nitrogens is 1. The smallest absolute Gasteiger partial charge is 0.408 e. The molecule has 2 heterocycles. The number of nitrogens with one attached hydrogen (secondary N) is 1. The fraction of sp³-hybridized carbons (Fsp3) is 0.278. The zero-order chi connectivity index (χ0) is 19.0. The number of nitrogens with zero attached hydrogens (tertiary/aromatic N) is 2. The number of fused-ring (bicyclic) bond motifs is 1. The van der Waals surface area contributed by atoms with Crippen molar-refractivity contribution in [1.29, 1.82) is 0 Å². The van der Waals surface area contributed by atoms with Gasteiger partial charge in [0.05, 0.1) is 36.6 Å². The Morgan fingerprint density at radius 1 is 1.07 bits per heavy atom. The van der Waals surface area contributed by atoms with Crippen molar-refractivity contribution in [3.63, 3.8) is 0 Å². The van der Waals surface area contributed by atoms with Crippen molar-refractivity contribution in [3.8, 4) is 0 Å². The lowest BCUT2D eigenvalue weighted by Gasteiger charge is -2.31. The van der Waals surface area contributed by atoms with Crippen molar-refractivity contribution in [2.75, 3.05) is 26.2 Å². The molecule has 0 spiro atoms. The van der Waals surface area contributed by atoms with Crippen LogP contribution in [0.3, 0.4) is 0 Å². The Kier molecular flexibility index (Phi) is 4.81. The predicted molar refractivity (Wildman–Crippen MR) is 101 cm³/mol. The quantitative estimate of drug-likeness (QED) is 0.692. The normalized spacial score (nSPS) is 16.8. The van der Waals surface area contributed by atoms with Crippen LogP contribution in [0.15, 0.2) is 62.6 Å². The van der Waals surface area contributed by atoms with E-state index >= 15 is 0 Å². The van der Waals surface area contributed by atoms with Gasteiger partial charge in [-0.3, -0.25) is 0 Å². The van der Waals surface area contributed by atoms with Crippen LogP contribution >= 0.6 is 11.6 Å². The van der Waals surface area contributed by atoms with Gasteiger partial charge in [-0.05, 0) is 30.3 Å². The van der Waals surface area contributed by atoms with Crippen LogP contribution in [0.25, 0.3) is 11.1 Å². The first-order valence-electron chi connectivity index (χ1n) is 8.63. The summed E-state index contributed by atoms with van der Waals surface area (Å²) in [5.41, 5.74) is 1.31. The van der Waals surface area contributed by atoms with Crippen LogP contribution in [-0.2, 0) is 16.7 Å². The Morgan fingerprint density at radius 2 is 1.81 bits per heavy atom. The van der Waals surface area contributed by atoms with Crippen LogP contribution in [0.5, 0.6) is 0 Å². The second kappa shape index (κ2) is 7.12. The molecule has 4 rings (SSSR count). The monoisotopic (exact) mass is 408 g/mol. The molecular weight excluding hydrogens is 390 g/mol. The van der Waals surface area contributed by atoms with Gasteiger partial charge in [-0.1, -0.05) is 29.8 Å². The SMILES string of the molecule is O=c1oc2ccccc2n1C[NH+]1CCN(S(=O)(=O)c2cccc(Cl)c2)CC1. The minimum atomic E-state index is -3.56. The average Bonchev–Trinajstić information content (AvgIpc) is 2.98. The van der Waals surface area contributed by atoms with Crippen LogP contribution in [0.2, 0.25) is 5.02 Å². The highest BCUT2D eigenvalue weighted by molar-refractivity contribution is 7.89. The third kappa shape index (κ3) is 3.53. The highest BCUT2D eigenvalue weighted by Crippen LogP contribution is 2.19. The summed E-state index contributed by atoms with van der Waals surface area (Å²) in [5, 5.41) is 0.395. The third-order valence-corrected chi connectivity index (χ3v) is 6.95. The fourth-order valence-electron chi connectivity index (χ4n) is 3.36. The van der Waals surface area contributed by atoms with E-state index in [1.807, 2.05) is 18.2 Å². The molecule has 1 saturated heterocycles. The molecule has 0 aliphatic carbocycles. The summed E-state index contributed by atoms with van der Waals surface area (Å²) in [6, 6.07) is 13.6. The number of halogens is 1. The summed E-state index contributed by atoms with van der Waals surface area (Å²) in [6.07, 6.45) is 0. The van der Waals surface area contributed by atoms with Crippen LogP contribution < -0.4 is 10.7 Å². The largest absolute Gasteiger partial charge is 0.424 e. The van der Waals surface area contributed by atoms with E-state index < -0.39 is 15.8 Å². The molecule has 1 aliphatic heterocycles. The fourth-order valence-corrected chi connectivity index (χ4v) is 5.11. The molecule has 7 nitrogen and oxygen atoms in total. The predicted octanol–water partition coefficient (Wildman–Crippen LogP) is 0.795. The summed E-state index contributed by atoms with van der Waals surface area (Å²) in [4.78, 5) is 13.4. The number of rotatable bonds is 4. The summed E-state index contributed by atoms with van der Waals surface area (Å²) < 4.78 is 33.9. The zero-order valence-electron chi connectivity index (χ0n) is 14.5. The molecule has 27 heavy (non-hydrogen) atoms. The Morgan fingerprint density at radius 3 is 2.56 bits per heavy atom. The first-order chi connectivity index (χ1) is 12.9. The number of hydrogen-bond donors (Lipinski definition) is 1. The van der Waals surface area contributed by atoms with Crippen LogP contribution in [0, 0.1) is 0 Å². The summed E-state index contributed by atoms with van der Waals surface area (Å²) in [5.74, 6) is -0.391. The molecule has 2 aromatic carbocycles. The van der Waals surface area contributed by atoms with Gasteiger partial charge in [0.25, 0.3) is 0 Å². The van der Waals surface area contributed by atoms with E-state index in [1.54, 1.807) is 28.8 Å². The number of sulfonamides is 1. The van der Waals surface area contributed by atoms with E-state index in [-0.39, 0.29) is 4.90 Å². The number of oxazole rings is 1. The maximum Gasteiger partial charge on any atom is 0.424 e. The summed E-state index contributed by atoms with van der Waals surface area (Å²) >= 11 is 5.93. The molecule has 3 aromatic rings. The number of piperazine rings is 1. The standard InChI is InChI=1S/C18H18ClN3O4S/c19-14-4-3-5-15(12-14)27(24,25)21-10-8-20(9-11-21)13-22-16-6-1-2-7-17(16)26-18(22)23/h1-7,12H,8-11,13H2/p+1. The minimum absolute atomic E-state index is 0.204. The van der Waals surface area contributed by atoms with Crippen molar-refractivity contribution in [1.82, 2.24) is 8.87 Å². The molecule has 0 unspecified atom stereocenters. The van der Waals surface area contributed by atoms with Gasteiger partial charge >= 0.3 is 5.76 Å². The number of para-hydroxylation sites is 2. The molecule has 0 bridgehead atoms. The molecule has 1 fully saturated rings. The van der Waals surface area contributed by atoms with E-state index in [0.717, 1.165) is 10.4 Å². The molecule has 9 heteroatoms. The molecule has 0 saturated carbocycles. The van der Waals surface area contributed by atoms with Gasteiger partial charge in [0.15, 0.2) is 12.3 Å². The van der Waals surface area contributed by atoms with Gasteiger partial charge in [-0.2, -0.15) is 4.31 Å². The Hall–Kier alpha value is -2.13.